The van der Waals surface area contributed by atoms with Gasteiger partial charge in [-0.2, -0.15) is 0 Å². The van der Waals surface area contributed by atoms with Crippen LogP contribution in [0, 0.1) is 0 Å². The van der Waals surface area contributed by atoms with Gasteiger partial charge in [-0.15, -0.1) is 0 Å². The number of aliphatic imine (C=N–C) groups is 1. The fourth-order valence-electron chi connectivity index (χ4n) is 3.30. The van der Waals surface area contributed by atoms with E-state index in [-0.39, 0.29) is 17.9 Å². The third-order valence-electron chi connectivity index (χ3n) is 4.97. The van der Waals surface area contributed by atoms with Crippen LogP contribution in [-0.4, -0.2) is 22.7 Å². The Labute approximate surface area is 231 Å². The second-order valence-electron chi connectivity index (χ2n) is 7.54. The molecule has 3 aromatic carbocycles. The predicted octanol–water partition coefficient (Wildman–Crippen LogP) is 8.53. The fourth-order valence-corrected chi connectivity index (χ4v) is 5.21. The van der Waals surface area contributed by atoms with Crippen molar-refractivity contribution in [2.75, 3.05) is 6.61 Å². The first-order chi connectivity index (χ1) is 17.4. The predicted molar refractivity (Wildman–Crippen MR) is 150 cm³/mol. The quantitative estimate of drug-likeness (QED) is 0.274. The molecule has 0 aromatic heterocycles. The summed E-state index contributed by atoms with van der Waals surface area (Å²) < 4.78 is 12.0. The number of aliphatic hydroxyl groups excluding tert-OH is 1. The lowest BCUT2D eigenvalue weighted by Gasteiger charge is -2.11. The van der Waals surface area contributed by atoms with Crippen LogP contribution in [0.5, 0.6) is 5.75 Å². The summed E-state index contributed by atoms with van der Waals surface area (Å²) in [5.41, 5.74) is 2.25. The van der Waals surface area contributed by atoms with E-state index in [1.165, 1.54) is 0 Å². The Morgan fingerprint density at radius 3 is 2.39 bits per heavy atom. The standard InChI is InChI=1S/C27H20BrCl2NO4S/c1-2-34-27(33)23-24(32)22(36-26(23)31-19-6-4-3-5-7-19)14-17-12-20(29)25(21(30)13-17)35-15-16-8-10-18(28)11-9-16/h3-14,32H,2,15H2,1H3/b22-14-,31-26?. The summed E-state index contributed by atoms with van der Waals surface area (Å²) in [6.07, 6.45) is 1.68. The van der Waals surface area contributed by atoms with Crippen molar-refractivity contribution in [3.63, 3.8) is 0 Å². The van der Waals surface area contributed by atoms with Crippen molar-refractivity contribution < 1.29 is 19.4 Å². The molecular formula is C27H20BrCl2NO4S. The number of carbonyl (C=O) groups excluding carboxylic acids is 1. The lowest BCUT2D eigenvalue weighted by Crippen LogP contribution is -2.12. The molecule has 1 heterocycles. The minimum atomic E-state index is -0.645. The zero-order valence-electron chi connectivity index (χ0n) is 19.0. The van der Waals surface area contributed by atoms with Gasteiger partial charge in [0.2, 0.25) is 0 Å². The van der Waals surface area contributed by atoms with E-state index < -0.39 is 5.97 Å². The number of carbonyl (C=O) groups is 1. The van der Waals surface area contributed by atoms with E-state index in [1.54, 1.807) is 25.1 Å². The largest absolute Gasteiger partial charge is 0.506 e. The highest BCUT2D eigenvalue weighted by Gasteiger charge is 2.33. The number of aliphatic hydroxyl groups is 1. The van der Waals surface area contributed by atoms with Crippen LogP contribution >= 0.6 is 50.9 Å². The molecule has 0 aliphatic carbocycles. The van der Waals surface area contributed by atoms with Crippen molar-refractivity contribution in [1.29, 1.82) is 0 Å². The van der Waals surface area contributed by atoms with E-state index in [2.05, 4.69) is 20.9 Å². The highest BCUT2D eigenvalue weighted by molar-refractivity contribution is 9.10. The van der Waals surface area contributed by atoms with E-state index in [0.29, 0.717) is 43.6 Å². The number of benzene rings is 3. The Hall–Kier alpha value is -2.71. The number of thioether (sulfide) groups is 1. The highest BCUT2D eigenvalue weighted by atomic mass is 79.9. The van der Waals surface area contributed by atoms with Gasteiger partial charge in [0.15, 0.2) is 5.75 Å². The summed E-state index contributed by atoms with van der Waals surface area (Å²) in [5.74, 6) is -0.495. The number of nitrogens with zero attached hydrogens (tertiary/aromatic N) is 1. The van der Waals surface area contributed by atoms with Gasteiger partial charge < -0.3 is 14.6 Å². The smallest absolute Gasteiger partial charge is 0.344 e. The molecule has 0 atom stereocenters. The number of ether oxygens (including phenoxy) is 2. The molecule has 36 heavy (non-hydrogen) atoms. The van der Waals surface area contributed by atoms with E-state index in [9.17, 15) is 9.90 Å². The molecule has 3 aromatic rings. The lowest BCUT2D eigenvalue weighted by molar-refractivity contribution is -0.138. The minimum Gasteiger partial charge on any atom is -0.506 e. The zero-order valence-corrected chi connectivity index (χ0v) is 22.9. The van der Waals surface area contributed by atoms with Crippen LogP contribution in [0.3, 0.4) is 0 Å². The molecule has 0 amide bonds. The van der Waals surface area contributed by atoms with Gasteiger partial charge in [-0.3, -0.25) is 0 Å². The second-order valence-corrected chi connectivity index (χ2v) is 10.3. The number of hydrogen-bond acceptors (Lipinski definition) is 6. The molecule has 184 valence electrons. The first-order valence-corrected chi connectivity index (χ1v) is 13.2. The highest BCUT2D eigenvalue weighted by Crippen LogP contribution is 2.42. The summed E-state index contributed by atoms with van der Waals surface area (Å²) in [5, 5.41) is 11.9. The normalized spacial score (nSPS) is 15.6. The average molecular weight is 605 g/mol. The molecule has 9 heteroatoms. The summed E-state index contributed by atoms with van der Waals surface area (Å²) in [6, 6.07) is 20.3. The van der Waals surface area contributed by atoms with Crippen LogP contribution < -0.4 is 4.74 Å². The van der Waals surface area contributed by atoms with Gasteiger partial charge in [0.05, 0.1) is 27.2 Å². The van der Waals surface area contributed by atoms with E-state index in [4.69, 9.17) is 32.7 Å². The molecule has 0 bridgehead atoms. The maximum atomic E-state index is 12.6. The van der Waals surface area contributed by atoms with E-state index in [1.807, 2.05) is 54.6 Å². The van der Waals surface area contributed by atoms with Crippen LogP contribution in [0.15, 0.2) is 92.4 Å². The van der Waals surface area contributed by atoms with Crippen LogP contribution in [0.25, 0.3) is 6.08 Å². The molecule has 0 spiro atoms. The molecule has 0 radical (unpaired) electrons. The Bertz CT molecular complexity index is 1350. The summed E-state index contributed by atoms with van der Waals surface area (Å²) in [4.78, 5) is 17.5. The molecule has 0 saturated carbocycles. The molecule has 0 fully saturated rings. The molecule has 1 N–H and O–H groups in total. The van der Waals surface area contributed by atoms with Crippen molar-refractivity contribution in [2.24, 2.45) is 4.99 Å². The van der Waals surface area contributed by atoms with Crippen molar-refractivity contribution in [1.82, 2.24) is 0 Å². The van der Waals surface area contributed by atoms with Crippen molar-refractivity contribution >= 4 is 73.7 Å². The monoisotopic (exact) mass is 603 g/mol. The summed E-state index contributed by atoms with van der Waals surface area (Å²) >= 11 is 17.5. The van der Waals surface area contributed by atoms with Gasteiger partial charge >= 0.3 is 5.97 Å². The van der Waals surface area contributed by atoms with Gasteiger partial charge in [0.1, 0.15) is 23.0 Å². The molecule has 1 aliphatic heterocycles. The maximum absolute atomic E-state index is 12.6. The molecule has 5 nitrogen and oxygen atoms in total. The molecule has 4 rings (SSSR count). The van der Waals surface area contributed by atoms with Crippen LogP contribution in [0.2, 0.25) is 10.0 Å². The third kappa shape index (κ3) is 6.34. The minimum absolute atomic E-state index is 0.0172. The molecule has 1 aliphatic rings. The van der Waals surface area contributed by atoms with Gasteiger partial charge in [-0.05, 0) is 60.5 Å². The SMILES string of the molecule is CCOC(=O)C1=C(O)/C(=C/c2cc(Cl)c(OCc3ccc(Br)cc3)c(Cl)c2)SC1=Nc1ccccc1. The van der Waals surface area contributed by atoms with Crippen molar-refractivity contribution in [3.05, 3.63) is 109 Å². The Morgan fingerprint density at radius 2 is 1.75 bits per heavy atom. The first kappa shape index (κ1) is 26.4. The average Bonchev–Trinajstić information content (AvgIpc) is 3.14. The Balaban J connectivity index is 1.62. The number of halogens is 3. The summed E-state index contributed by atoms with van der Waals surface area (Å²) in [6.45, 7) is 2.17. The number of hydrogen-bond donors (Lipinski definition) is 1. The van der Waals surface area contributed by atoms with E-state index in [0.717, 1.165) is 21.8 Å². The lowest BCUT2D eigenvalue weighted by atomic mass is 10.1. The van der Waals surface area contributed by atoms with Crippen LogP contribution in [-0.2, 0) is 16.1 Å². The number of rotatable bonds is 7. The molecule has 0 saturated heterocycles. The molecule has 0 unspecified atom stereocenters. The van der Waals surface area contributed by atoms with Gasteiger partial charge in [-0.1, -0.05) is 81.2 Å². The zero-order chi connectivity index (χ0) is 25.7. The van der Waals surface area contributed by atoms with Gasteiger partial charge in [-0.25, -0.2) is 9.79 Å². The first-order valence-electron chi connectivity index (χ1n) is 10.9. The number of para-hydroxylation sites is 1. The van der Waals surface area contributed by atoms with Gasteiger partial charge in [0.25, 0.3) is 0 Å². The second kappa shape index (κ2) is 12.0. The molecular weight excluding hydrogens is 585 g/mol. The van der Waals surface area contributed by atoms with Gasteiger partial charge in [0, 0.05) is 4.47 Å². The van der Waals surface area contributed by atoms with Crippen LogP contribution in [0.4, 0.5) is 5.69 Å². The topological polar surface area (TPSA) is 68.1 Å². The Morgan fingerprint density at radius 1 is 1.08 bits per heavy atom. The fraction of sp³-hybridized carbons (Fsp3) is 0.111. The Kier molecular flexibility index (Phi) is 8.80. The summed E-state index contributed by atoms with van der Waals surface area (Å²) in [7, 11) is 0. The number of esters is 1. The van der Waals surface area contributed by atoms with Crippen LogP contribution in [0.1, 0.15) is 18.1 Å². The third-order valence-corrected chi connectivity index (χ3v) is 7.08. The van der Waals surface area contributed by atoms with Crippen molar-refractivity contribution in [2.45, 2.75) is 13.5 Å². The van der Waals surface area contributed by atoms with Crippen molar-refractivity contribution in [3.8, 4) is 5.75 Å². The van der Waals surface area contributed by atoms with E-state index >= 15 is 0 Å². The maximum Gasteiger partial charge on any atom is 0.344 e.